The predicted octanol–water partition coefficient (Wildman–Crippen LogP) is 0.721. The van der Waals surface area contributed by atoms with Crippen LogP contribution in [0.2, 0.25) is 0 Å². The van der Waals surface area contributed by atoms with Crippen molar-refractivity contribution in [1.29, 1.82) is 0 Å². The molecule has 0 saturated carbocycles. The lowest BCUT2D eigenvalue weighted by molar-refractivity contribution is -0.318. The molecule has 3 heterocycles. The average Bonchev–Trinajstić information content (AvgIpc) is 3.42. The Bertz CT molecular complexity index is 1780. The van der Waals surface area contributed by atoms with Crippen molar-refractivity contribution in [2.45, 2.75) is 61.2 Å². The highest BCUT2D eigenvalue weighted by Crippen LogP contribution is 2.38. The van der Waals surface area contributed by atoms with Gasteiger partial charge in [-0.15, -0.1) is 0 Å². The SMILES string of the molecule is COc1cc(/C=C/C(=O)OC[C@@]2(O)CO[C@@H](O[C@H]3[C@H](Oc4ccc([C@H]5CC(=O)c6ccc(O)cc6O5)cc4)O[C@H](CO)[C@@H](O)[C@@H]3O)[C@H]2O)ccc1O. The third-order valence-electron chi connectivity index (χ3n) is 8.91. The van der Waals surface area contributed by atoms with E-state index in [0.29, 0.717) is 16.7 Å². The van der Waals surface area contributed by atoms with E-state index in [1.807, 2.05) is 0 Å². The standard InChI is InChI=1S/C36H38O16/c1-46-27-12-18(2-10-23(27)39)3-11-29(41)47-16-36(45)17-48-35(33(36)44)52-32-31(43)30(42)28(15-37)51-34(32)49-21-7-4-19(5-8-21)25-14-24(40)22-9-6-20(38)13-26(22)50-25/h2-13,25,28,30-35,37-39,42-45H,14-17H2,1H3/b11-3+/t25-,28-,30-,31+,32-,33-,34-,35+,36-/m1/s1. The molecule has 7 N–H and O–H groups in total. The Kier molecular flexibility index (Phi) is 11.0. The molecule has 0 aromatic heterocycles. The summed E-state index contributed by atoms with van der Waals surface area (Å²) in [6, 6.07) is 15.0. The van der Waals surface area contributed by atoms with Gasteiger partial charge in [-0.2, -0.15) is 0 Å². The van der Waals surface area contributed by atoms with Crippen molar-refractivity contribution < 1.29 is 78.5 Å². The van der Waals surface area contributed by atoms with Crippen molar-refractivity contribution in [3.8, 4) is 28.7 Å². The summed E-state index contributed by atoms with van der Waals surface area (Å²) in [4.78, 5) is 25.1. The number of aliphatic hydroxyl groups excluding tert-OH is 4. The van der Waals surface area contributed by atoms with Crippen molar-refractivity contribution >= 4 is 17.8 Å². The van der Waals surface area contributed by atoms with Gasteiger partial charge in [0.2, 0.25) is 6.29 Å². The molecule has 3 aromatic carbocycles. The zero-order valence-electron chi connectivity index (χ0n) is 27.7. The van der Waals surface area contributed by atoms with Crippen LogP contribution in [0.1, 0.15) is 34.0 Å². The van der Waals surface area contributed by atoms with Crippen LogP contribution in [0.15, 0.2) is 66.7 Å². The van der Waals surface area contributed by atoms with E-state index in [4.69, 9.17) is 33.2 Å². The van der Waals surface area contributed by atoms with Gasteiger partial charge in [0.25, 0.3) is 0 Å². The number of methoxy groups -OCH3 is 1. The number of carbonyl (C=O) groups is 2. The van der Waals surface area contributed by atoms with Crippen LogP contribution in [-0.4, -0.2) is 123 Å². The molecule has 2 fully saturated rings. The summed E-state index contributed by atoms with van der Waals surface area (Å²) in [5.74, 6) is -0.512. The Morgan fingerprint density at radius 1 is 1.00 bits per heavy atom. The number of phenolic OH excluding ortho intramolecular Hbond substituents is 2. The lowest BCUT2D eigenvalue weighted by atomic mass is 9.96. The number of phenols is 2. The first-order chi connectivity index (χ1) is 24.9. The predicted molar refractivity (Wildman–Crippen MR) is 175 cm³/mol. The minimum absolute atomic E-state index is 0.0464. The van der Waals surface area contributed by atoms with Gasteiger partial charge in [0.15, 0.2) is 35.3 Å². The zero-order valence-corrected chi connectivity index (χ0v) is 27.7. The third-order valence-corrected chi connectivity index (χ3v) is 8.91. The Morgan fingerprint density at radius 2 is 1.77 bits per heavy atom. The molecule has 3 aliphatic rings. The lowest BCUT2D eigenvalue weighted by Crippen LogP contribution is -2.62. The van der Waals surface area contributed by atoms with Crippen molar-refractivity contribution in [3.63, 3.8) is 0 Å². The van der Waals surface area contributed by atoms with Gasteiger partial charge in [-0.05, 0) is 53.6 Å². The molecule has 9 atom stereocenters. The maximum atomic E-state index is 12.7. The average molecular weight is 727 g/mol. The van der Waals surface area contributed by atoms with Crippen LogP contribution in [0.4, 0.5) is 0 Å². The second kappa shape index (κ2) is 15.4. The first-order valence-electron chi connectivity index (χ1n) is 16.2. The summed E-state index contributed by atoms with van der Waals surface area (Å²) in [7, 11) is 1.37. The highest BCUT2D eigenvalue weighted by molar-refractivity contribution is 6.00. The van der Waals surface area contributed by atoms with Crippen LogP contribution in [0.25, 0.3) is 6.08 Å². The number of benzene rings is 3. The molecule has 278 valence electrons. The van der Waals surface area contributed by atoms with Crippen molar-refractivity contribution in [2.24, 2.45) is 0 Å². The molecule has 2 saturated heterocycles. The smallest absolute Gasteiger partial charge is 0.330 e. The molecule has 3 aliphatic heterocycles. The summed E-state index contributed by atoms with van der Waals surface area (Å²) in [6.45, 7) is -1.93. The van der Waals surface area contributed by atoms with E-state index in [1.165, 1.54) is 61.7 Å². The number of aliphatic hydroxyl groups is 5. The molecule has 16 heteroatoms. The van der Waals surface area contributed by atoms with Gasteiger partial charge in [0.1, 0.15) is 54.4 Å². The second-order valence-electron chi connectivity index (χ2n) is 12.5. The largest absolute Gasteiger partial charge is 0.508 e. The Balaban J connectivity index is 1.09. The zero-order chi connectivity index (χ0) is 37.2. The van der Waals surface area contributed by atoms with Crippen LogP contribution in [-0.2, 0) is 23.7 Å². The molecule has 0 amide bonds. The van der Waals surface area contributed by atoms with Crippen LogP contribution in [0, 0.1) is 0 Å². The van der Waals surface area contributed by atoms with E-state index in [0.717, 1.165) is 6.08 Å². The van der Waals surface area contributed by atoms with Gasteiger partial charge >= 0.3 is 5.97 Å². The molecule has 0 aliphatic carbocycles. The Hall–Kier alpha value is -4.78. The molecular weight excluding hydrogens is 688 g/mol. The van der Waals surface area contributed by atoms with Gasteiger partial charge in [-0.3, -0.25) is 4.79 Å². The van der Waals surface area contributed by atoms with E-state index < -0.39 is 80.6 Å². The van der Waals surface area contributed by atoms with Gasteiger partial charge in [-0.25, -0.2) is 4.79 Å². The fourth-order valence-corrected chi connectivity index (χ4v) is 5.95. The minimum Gasteiger partial charge on any atom is -0.508 e. The van der Waals surface area contributed by atoms with E-state index in [2.05, 4.69) is 0 Å². The summed E-state index contributed by atoms with van der Waals surface area (Å²) < 4.78 is 39.0. The molecule has 6 rings (SSSR count). The monoisotopic (exact) mass is 726 g/mol. The quantitative estimate of drug-likeness (QED) is 0.106. The van der Waals surface area contributed by atoms with Crippen molar-refractivity contribution in [2.75, 3.05) is 26.9 Å². The van der Waals surface area contributed by atoms with E-state index in [9.17, 15) is 45.3 Å². The molecule has 0 unspecified atom stereocenters. The fourth-order valence-electron chi connectivity index (χ4n) is 5.95. The molecule has 16 nitrogen and oxygen atoms in total. The number of aromatic hydroxyl groups is 2. The normalized spacial score (nSPS) is 30.1. The maximum absolute atomic E-state index is 12.7. The van der Waals surface area contributed by atoms with Gasteiger partial charge < -0.3 is 68.9 Å². The lowest BCUT2D eigenvalue weighted by Gasteiger charge is -2.42. The van der Waals surface area contributed by atoms with Gasteiger partial charge in [0.05, 0.1) is 32.3 Å². The molecule has 0 bridgehead atoms. The van der Waals surface area contributed by atoms with Crippen LogP contribution in [0.5, 0.6) is 28.7 Å². The first-order valence-corrected chi connectivity index (χ1v) is 16.2. The third kappa shape index (κ3) is 7.84. The number of Topliss-reactive ketones (excluding diaryl/α,β-unsaturated/α-hetero) is 1. The first kappa shape index (κ1) is 37.0. The number of hydrogen-bond acceptors (Lipinski definition) is 16. The minimum atomic E-state index is -2.13. The van der Waals surface area contributed by atoms with E-state index >= 15 is 0 Å². The van der Waals surface area contributed by atoms with E-state index in [1.54, 1.807) is 12.1 Å². The number of esters is 1. The molecular formula is C36H38O16. The summed E-state index contributed by atoms with van der Waals surface area (Å²) in [6.07, 6.45) is -9.20. The Labute approximate surface area is 296 Å². The van der Waals surface area contributed by atoms with Gasteiger partial charge in [0, 0.05) is 12.1 Å². The summed E-state index contributed by atoms with van der Waals surface area (Å²) in [5.41, 5.74) is -0.631. The van der Waals surface area contributed by atoms with Crippen LogP contribution in [0.3, 0.4) is 0 Å². The molecule has 3 aromatic rings. The van der Waals surface area contributed by atoms with Crippen LogP contribution < -0.4 is 14.2 Å². The van der Waals surface area contributed by atoms with Crippen LogP contribution >= 0.6 is 0 Å². The van der Waals surface area contributed by atoms with E-state index in [-0.39, 0.29) is 41.0 Å². The van der Waals surface area contributed by atoms with Gasteiger partial charge in [-0.1, -0.05) is 18.2 Å². The topological polar surface area (TPSA) is 240 Å². The maximum Gasteiger partial charge on any atom is 0.330 e. The Morgan fingerprint density at radius 3 is 2.50 bits per heavy atom. The fraction of sp³-hybridized carbons (Fsp3) is 0.389. The number of ketones is 1. The number of carbonyl (C=O) groups excluding carboxylic acids is 2. The van der Waals surface area contributed by atoms with Crippen molar-refractivity contribution in [1.82, 2.24) is 0 Å². The number of fused-ring (bicyclic) bond motifs is 1. The summed E-state index contributed by atoms with van der Waals surface area (Å²) >= 11 is 0. The number of rotatable bonds is 11. The highest BCUT2D eigenvalue weighted by Gasteiger charge is 2.54. The molecule has 52 heavy (non-hydrogen) atoms. The van der Waals surface area contributed by atoms with Crippen molar-refractivity contribution in [3.05, 3.63) is 83.4 Å². The molecule has 0 radical (unpaired) electrons. The summed E-state index contributed by atoms with van der Waals surface area (Å²) in [5, 5.41) is 72.9. The molecule has 0 spiro atoms. The number of ether oxygens (including phenoxy) is 7. The second-order valence-corrected chi connectivity index (χ2v) is 12.5. The highest BCUT2D eigenvalue weighted by atomic mass is 16.8. The number of hydrogen-bond donors (Lipinski definition) is 7.